The Kier molecular flexibility index (Phi) is 5.52. The second-order valence-corrected chi connectivity index (χ2v) is 8.53. The highest BCUT2D eigenvalue weighted by atomic mass is 32.1. The predicted molar refractivity (Wildman–Crippen MR) is 125 cm³/mol. The van der Waals surface area contributed by atoms with E-state index >= 15 is 0 Å². The minimum atomic E-state index is -0.316. The molecule has 6 nitrogen and oxygen atoms in total. The highest BCUT2D eigenvalue weighted by Gasteiger charge is 2.19. The molecule has 0 aliphatic rings. The van der Waals surface area contributed by atoms with E-state index in [1.54, 1.807) is 13.0 Å². The number of amides is 2. The van der Waals surface area contributed by atoms with Crippen molar-refractivity contribution in [3.63, 3.8) is 0 Å². The number of benzene rings is 2. The molecule has 2 aromatic heterocycles. The number of hydrogen-bond acceptors (Lipinski definition) is 5. The van der Waals surface area contributed by atoms with Crippen molar-refractivity contribution < 1.29 is 9.59 Å². The van der Waals surface area contributed by atoms with E-state index in [-0.39, 0.29) is 11.8 Å². The summed E-state index contributed by atoms with van der Waals surface area (Å²) in [5, 5.41) is 7.03. The molecule has 2 aromatic carbocycles. The fraction of sp³-hybridized carbons (Fsp3) is 0.167. The SMILES string of the molecule is Cc1cc(C)c(NC(=O)c2sc(NC(=O)c3cnc4ccccc4c3)nc2C)c(C)c1. The van der Waals surface area contributed by atoms with E-state index in [9.17, 15) is 9.59 Å². The summed E-state index contributed by atoms with van der Waals surface area (Å²) in [4.78, 5) is 34.7. The third-order valence-electron chi connectivity index (χ3n) is 4.99. The smallest absolute Gasteiger partial charge is 0.267 e. The Morgan fingerprint density at radius 3 is 2.35 bits per heavy atom. The van der Waals surface area contributed by atoms with Gasteiger partial charge in [0.15, 0.2) is 5.13 Å². The van der Waals surface area contributed by atoms with Crippen LogP contribution in [-0.2, 0) is 0 Å². The molecule has 0 atom stereocenters. The van der Waals surface area contributed by atoms with Gasteiger partial charge < -0.3 is 5.32 Å². The molecule has 4 rings (SSSR count). The van der Waals surface area contributed by atoms with Gasteiger partial charge in [-0.15, -0.1) is 0 Å². The highest BCUT2D eigenvalue weighted by Crippen LogP contribution is 2.27. The molecule has 2 amide bonds. The Labute approximate surface area is 184 Å². The first kappa shape index (κ1) is 20.7. The van der Waals surface area contributed by atoms with E-state index in [0.29, 0.717) is 21.3 Å². The maximum absolute atomic E-state index is 12.9. The lowest BCUT2D eigenvalue weighted by atomic mass is 10.1. The molecular weight excluding hydrogens is 408 g/mol. The summed E-state index contributed by atoms with van der Waals surface area (Å²) in [6.45, 7) is 7.73. The molecule has 0 bridgehead atoms. The van der Waals surface area contributed by atoms with Crippen LogP contribution in [0.2, 0.25) is 0 Å². The van der Waals surface area contributed by atoms with Gasteiger partial charge in [-0.05, 0) is 51.0 Å². The lowest BCUT2D eigenvalue weighted by molar-refractivity contribution is 0.102. The first-order chi connectivity index (χ1) is 14.8. The van der Waals surface area contributed by atoms with Gasteiger partial charge in [0.2, 0.25) is 0 Å². The molecule has 0 fully saturated rings. The summed E-state index contributed by atoms with van der Waals surface area (Å²) in [5.74, 6) is -0.554. The minimum Gasteiger partial charge on any atom is -0.321 e. The van der Waals surface area contributed by atoms with Crippen LogP contribution in [0.1, 0.15) is 42.4 Å². The molecule has 31 heavy (non-hydrogen) atoms. The summed E-state index contributed by atoms with van der Waals surface area (Å²) < 4.78 is 0. The second kappa shape index (κ2) is 8.28. The molecule has 0 saturated carbocycles. The topological polar surface area (TPSA) is 84.0 Å². The van der Waals surface area contributed by atoms with Crippen molar-refractivity contribution in [2.45, 2.75) is 27.7 Å². The zero-order valence-corrected chi connectivity index (χ0v) is 18.6. The molecule has 7 heteroatoms. The van der Waals surface area contributed by atoms with Gasteiger partial charge in [-0.25, -0.2) is 4.98 Å². The van der Waals surface area contributed by atoms with Crippen LogP contribution in [0.25, 0.3) is 10.9 Å². The van der Waals surface area contributed by atoms with E-state index in [4.69, 9.17) is 0 Å². The van der Waals surface area contributed by atoms with E-state index in [1.807, 2.05) is 57.2 Å². The van der Waals surface area contributed by atoms with Crippen LogP contribution in [0.3, 0.4) is 0 Å². The molecule has 4 aromatic rings. The Balaban J connectivity index is 1.53. The number of hydrogen-bond donors (Lipinski definition) is 2. The highest BCUT2D eigenvalue weighted by molar-refractivity contribution is 7.17. The van der Waals surface area contributed by atoms with Crippen LogP contribution in [0, 0.1) is 27.7 Å². The number of carbonyl (C=O) groups excluding carboxylic acids is 2. The predicted octanol–water partition coefficient (Wildman–Crippen LogP) is 5.43. The zero-order valence-electron chi connectivity index (χ0n) is 17.7. The second-order valence-electron chi connectivity index (χ2n) is 7.53. The molecule has 0 saturated heterocycles. The van der Waals surface area contributed by atoms with Gasteiger partial charge in [0.05, 0.1) is 16.8 Å². The van der Waals surface area contributed by atoms with Crippen molar-refractivity contribution >= 4 is 44.9 Å². The van der Waals surface area contributed by atoms with E-state index in [1.165, 1.54) is 6.20 Å². The number of rotatable bonds is 4. The third-order valence-corrected chi connectivity index (χ3v) is 6.06. The summed E-state index contributed by atoms with van der Waals surface area (Å²) in [5.41, 5.74) is 5.78. The van der Waals surface area contributed by atoms with Crippen LogP contribution < -0.4 is 10.6 Å². The number of aromatic nitrogens is 2. The number of carbonyl (C=O) groups is 2. The number of nitrogens with zero attached hydrogens (tertiary/aromatic N) is 2. The van der Waals surface area contributed by atoms with Crippen LogP contribution >= 0.6 is 11.3 Å². The average molecular weight is 431 g/mol. The Hall–Kier alpha value is -3.58. The van der Waals surface area contributed by atoms with Crippen molar-refractivity contribution in [2.75, 3.05) is 10.6 Å². The molecule has 0 radical (unpaired) electrons. The summed E-state index contributed by atoms with van der Waals surface area (Å²) >= 11 is 1.15. The number of fused-ring (bicyclic) bond motifs is 1. The average Bonchev–Trinajstić information content (AvgIpc) is 3.10. The largest absolute Gasteiger partial charge is 0.321 e. The van der Waals surface area contributed by atoms with Crippen molar-refractivity contribution in [1.29, 1.82) is 0 Å². The fourth-order valence-electron chi connectivity index (χ4n) is 3.57. The van der Waals surface area contributed by atoms with Crippen molar-refractivity contribution in [3.8, 4) is 0 Å². The third kappa shape index (κ3) is 4.32. The van der Waals surface area contributed by atoms with Crippen LogP contribution in [-0.4, -0.2) is 21.8 Å². The van der Waals surface area contributed by atoms with Gasteiger partial charge in [0, 0.05) is 17.3 Å². The monoisotopic (exact) mass is 430 g/mol. The molecule has 2 heterocycles. The van der Waals surface area contributed by atoms with E-state index in [0.717, 1.165) is 44.6 Å². The lowest BCUT2D eigenvalue weighted by Gasteiger charge is -2.12. The number of thiazole rings is 1. The maximum Gasteiger partial charge on any atom is 0.267 e. The molecule has 0 unspecified atom stereocenters. The Morgan fingerprint density at radius 2 is 1.61 bits per heavy atom. The normalized spacial score (nSPS) is 10.8. The number of aryl methyl sites for hydroxylation is 4. The van der Waals surface area contributed by atoms with Crippen molar-refractivity contribution in [2.24, 2.45) is 0 Å². The summed E-state index contributed by atoms with van der Waals surface area (Å²) in [7, 11) is 0. The number of pyridine rings is 1. The Morgan fingerprint density at radius 1 is 0.903 bits per heavy atom. The molecule has 0 aliphatic carbocycles. The van der Waals surface area contributed by atoms with Gasteiger partial charge in [0.25, 0.3) is 11.8 Å². The van der Waals surface area contributed by atoms with Crippen molar-refractivity contribution in [3.05, 3.63) is 81.5 Å². The molecule has 0 spiro atoms. The molecule has 0 aliphatic heterocycles. The summed E-state index contributed by atoms with van der Waals surface area (Å²) in [6.07, 6.45) is 1.54. The van der Waals surface area contributed by atoms with Crippen LogP contribution in [0.15, 0.2) is 48.7 Å². The van der Waals surface area contributed by atoms with E-state index < -0.39 is 0 Å². The fourth-order valence-corrected chi connectivity index (χ4v) is 4.43. The first-order valence-electron chi connectivity index (χ1n) is 9.84. The zero-order chi connectivity index (χ0) is 22.1. The van der Waals surface area contributed by atoms with Crippen LogP contribution in [0.4, 0.5) is 10.8 Å². The van der Waals surface area contributed by atoms with Gasteiger partial charge in [0.1, 0.15) is 4.88 Å². The van der Waals surface area contributed by atoms with Crippen LogP contribution in [0.5, 0.6) is 0 Å². The van der Waals surface area contributed by atoms with Gasteiger partial charge >= 0.3 is 0 Å². The molecular formula is C24H22N4O2S. The standard InChI is InChI=1S/C24H22N4O2S/c1-13-9-14(2)20(15(3)10-13)27-23(30)21-16(4)26-24(31-21)28-22(29)18-11-17-7-5-6-8-19(17)25-12-18/h5-12H,1-4H3,(H,27,30)(H,26,28,29). The van der Waals surface area contributed by atoms with Gasteiger partial charge in [-0.2, -0.15) is 0 Å². The molecule has 2 N–H and O–H groups in total. The first-order valence-corrected chi connectivity index (χ1v) is 10.7. The number of nitrogens with one attached hydrogen (secondary N) is 2. The molecule has 156 valence electrons. The van der Waals surface area contributed by atoms with Gasteiger partial charge in [-0.1, -0.05) is 47.2 Å². The maximum atomic E-state index is 12.9. The lowest BCUT2D eigenvalue weighted by Crippen LogP contribution is -2.13. The van der Waals surface area contributed by atoms with E-state index in [2.05, 4.69) is 20.6 Å². The summed E-state index contributed by atoms with van der Waals surface area (Å²) in [6, 6.07) is 13.5. The van der Waals surface area contributed by atoms with Gasteiger partial charge in [-0.3, -0.25) is 19.9 Å². The number of para-hydroxylation sites is 1. The Bertz CT molecular complexity index is 1300. The number of anilines is 2. The quantitative estimate of drug-likeness (QED) is 0.452. The van der Waals surface area contributed by atoms with Crippen molar-refractivity contribution in [1.82, 2.24) is 9.97 Å². The minimum absolute atomic E-state index is 0.238.